The number of morpholine rings is 1. The minimum Gasteiger partial charge on any atom is -0.375 e. The lowest BCUT2D eigenvalue weighted by Gasteiger charge is -2.32. The van der Waals surface area contributed by atoms with Gasteiger partial charge >= 0.3 is 0 Å². The third-order valence-electron chi connectivity index (χ3n) is 2.83. The maximum atomic E-state index is 11.7. The van der Waals surface area contributed by atoms with Crippen LogP contribution in [0.2, 0.25) is 0 Å². The molecule has 0 N–H and O–H groups in total. The maximum Gasteiger partial charge on any atom is 0.225 e. The molecule has 1 saturated carbocycles. The van der Waals surface area contributed by atoms with E-state index in [9.17, 15) is 4.79 Å². The molecule has 0 aromatic carbocycles. The van der Waals surface area contributed by atoms with Gasteiger partial charge in [0.15, 0.2) is 0 Å². The molecule has 1 saturated heterocycles. The van der Waals surface area contributed by atoms with Gasteiger partial charge in [0.2, 0.25) is 5.91 Å². The van der Waals surface area contributed by atoms with Gasteiger partial charge in [-0.1, -0.05) is 6.92 Å². The van der Waals surface area contributed by atoms with E-state index >= 15 is 0 Å². The summed E-state index contributed by atoms with van der Waals surface area (Å²) in [4.78, 5) is 13.7. The van der Waals surface area contributed by atoms with Gasteiger partial charge in [-0.2, -0.15) is 0 Å². The first-order valence-electron chi connectivity index (χ1n) is 5.21. The van der Waals surface area contributed by atoms with Gasteiger partial charge in [-0.25, -0.2) is 0 Å². The summed E-state index contributed by atoms with van der Waals surface area (Å²) in [7, 11) is 0. The van der Waals surface area contributed by atoms with Crippen molar-refractivity contribution < 1.29 is 9.53 Å². The van der Waals surface area contributed by atoms with Crippen LogP contribution >= 0.6 is 0 Å². The molecule has 3 nitrogen and oxygen atoms in total. The van der Waals surface area contributed by atoms with E-state index < -0.39 is 0 Å². The van der Waals surface area contributed by atoms with Crippen LogP contribution in [0.5, 0.6) is 0 Å². The van der Waals surface area contributed by atoms with Gasteiger partial charge in [-0.3, -0.25) is 4.79 Å². The van der Waals surface area contributed by atoms with Crippen molar-refractivity contribution in [2.45, 2.75) is 32.3 Å². The molecule has 0 aromatic rings. The van der Waals surface area contributed by atoms with Crippen molar-refractivity contribution in [2.24, 2.45) is 5.92 Å². The second-order valence-electron chi connectivity index (χ2n) is 3.96. The first-order chi connectivity index (χ1) is 6.31. The third kappa shape index (κ3) is 2.02. The van der Waals surface area contributed by atoms with Gasteiger partial charge in [-0.15, -0.1) is 0 Å². The number of carbonyl (C=O) groups is 1. The van der Waals surface area contributed by atoms with Gasteiger partial charge < -0.3 is 9.64 Å². The highest BCUT2D eigenvalue weighted by Crippen LogP contribution is 2.31. The fourth-order valence-corrected chi connectivity index (χ4v) is 1.75. The van der Waals surface area contributed by atoms with E-state index in [0.717, 1.165) is 39.0 Å². The highest BCUT2D eigenvalue weighted by atomic mass is 16.5. The van der Waals surface area contributed by atoms with E-state index in [4.69, 9.17) is 4.74 Å². The average molecular weight is 183 g/mol. The van der Waals surface area contributed by atoms with Crippen molar-refractivity contribution in [2.75, 3.05) is 19.7 Å². The zero-order chi connectivity index (χ0) is 9.26. The molecule has 74 valence electrons. The molecule has 0 aromatic heterocycles. The standard InChI is InChI=1S/C10H17NO2/c1-2-9-7-11(5-6-13-9)10(12)8-3-4-8/h8-9H,2-7H2,1H3. The van der Waals surface area contributed by atoms with Crippen LogP contribution in [0.4, 0.5) is 0 Å². The number of carbonyl (C=O) groups excluding carboxylic acids is 1. The summed E-state index contributed by atoms with van der Waals surface area (Å²) >= 11 is 0. The Morgan fingerprint density at radius 2 is 2.31 bits per heavy atom. The lowest BCUT2D eigenvalue weighted by Crippen LogP contribution is -2.46. The van der Waals surface area contributed by atoms with Gasteiger partial charge in [0.1, 0.15) is 0 Å². The van der Waals surface area contributed by atoms with Crippen LogP contribution in [0, 0.1) is 5.92 Å². The van der Waals surface area contributed by atoms with Gasteiger partial charge in [0.25, 0.3) is 0 Å². The first kappa shape index (κ1) is 9.00. The van der Waals surface area contributed by atoms with Crippen molar-refractivity contribution in [1.29, 1.82) is 0 Å². The highest BCUT2D eigenvalue weighted by Gasteiger charge is 2.35. The summed E-state index contributed by atoms with van der Waals surface area (Å²) < 4.78 is 5.51. The van der Waals surface area contributed by atoms with E-state index in [-0.39, 0.29) is 6.10 Å². The highest BCUT2D eigenvalue weighted by molar-refractivity contribution is 5.81. The van der Waals surface area contributed by atoms with Crippen LogP contribution in [-0.2, 0) is 9.53 Å². The summed E-state index contributed by atoms with van der Waals surface area (Å²) in [5, 5.41) is 0. The largest absolute Gasteiger partial charge is 0.375 e. The van der Waals surface area contributed by atoms with E-state index in [2.05, 4.69) is 6.92 Å². The number of amides is 1. The second-order valence-corrected chi connectivity index (χ2v) is 3.96. The Hall–Kier alpha value is -0.570. The van der Waals surface area contributed by atoms with E-state index in [1.807, 2.05) is 4.90 Å². The van der Waals surface area contributed by atoms with Crippen molar-refractivity contribution in [3.05, 3.63) is 0 Å². The van der Waals surface area contributed by atoms with Crippen LogP contribution in [0.3, 0.4) is 0 Å². The molecule has 2 fully saturated rings. The fourth-order valence-electron chi connectivity index (χ4n) is 1.75. The fraction of sp³-hybridized carbons (Fsp3) is 0.900. The van der Waals surface area contributed by atoms with Crippen LogP contribution in [-0.4, -0.2) is 36.6 Å². The first-order valence-corrected chi connectivity index (χ1v) is 5.21. The monoisotopic (exact) mass is 183 g/mol. The molecule has 0 radical (unpaired) electrons. The molecule has 1 aliphatic heterocycles. The topological polar surface area (TPSA) is 29.5 Å². The Bertz CT molecular complexity index is 201. The molecule has 1 aliphatic carbocycles. The Morgan fingerprint density at radius 3 is 2.92 bits per heavy atom. The van der Waals surface area contributed by atoms with Crippen molar-refractivity contribution >= 4 is 5.91 Å². The minimum atomic E-state index is 0.274. The van der Waals surface area contributed by atoms with Gasteiger partial charge in [0, 0.05) is 19.0 Å². The zero-order valence-corrected chi connectivity index (χ0v) is 8.16. The van der Waals surface area contributed by atoms with E-state index in [0.29, 0.717) is 11.8 Å². The molecule has 3 heteroatoms. The minimum absolute atomic E-state index is 0.274. The number of nitrogens with zero attached hydrogens (tertiary/aromatic N) is 1. The lowest BCUT2D eigenvalue weighted by molar-refractivity contribution is -0.140. The molecular formula is C10H17NO2. The number of hydrogen-bond donors (Lipinski definition) is 0. The predicted molar refractivity (Wildman–Crippen MR) is 49.3 cm³/mol. The van der Waals surface area contributed by atoms with Crippen LogP contribution in [0.15, 0.2) is 0 Å². The second kappa shape index (κ2) is 3.66. The van der Waals surface area contributed by atoms with Crippen LogP contribution in [0.25, 0.3) is 0 Å². The SMILES string of the molecule is CCC1CN(C(=O)C2CC2)CCO1. The third-order valence-corrected chi connectivity index (χ3v) is 2.83. The smallest absolute Gasteiger partial charge is 0.225 e. The Morgan fingerprint density at radius 1 is 1.54 bits per heavy atom. The summed E-state index contributed by atoms with van der Waals surface area (Å²) in [6, 6.07) is 0. The zero-order valence-electron chi connectivity index (χ0n) is 8.16. The predicted octanol–water partition coefficient (Wildman–Crippen LogP) is 1.03. The number of hydrogen-bond acceptors (Lipinski definition) is 2. The molecule has 1 unspecified atom stereocenters. The van der Waals surface area contributed by atoms with Crippen LogP contribution < -0.4 is 0 Å². The summed E-state index contributed by atoms with van der Waals surface area (Å²) in [6.45, 7) is 4.43. The van der Waals surface area contributed by atoms with Gasteiger partial charge in [-0.05, 0) is 19.3 Å². The van der Waals surface area contributed by atoms with Crippen molar-refractivity contribution in [3.8, 4) is 0 Å². The average Bonchev–Trinajstić information content (AvgIpc) is 3.00. The quantitative estimate of drug-likeness (QED) is 0.640. The normalized spacial score (nSPS) is 29.0. The molecule has 1 atom stereocenters. The Balaban J connectivity index is 1.87. The molecule has 0 bridgehead atoms. The molecule has 2 rings (SSSR count). The number of ether oxygens (including phenoxy) is 1. The van der Waals surface area contributed by atoms with Crippen molar-refractivity contribution in [3.63, 3.8) is 0 Å². The molecule has 1 amide bonds. The molecule has 0 spiro atoms. The maximum absolute atomic E-state index is 11.7. The molecular weight excluding hydrogens is 166 g/mol. The van der Waals surface area contributed by atoms with Crippen molar-refractivity contribution in [1.82, 2.24) is 4.90 Å². The summed E-state index contributed by atoms with van der Waals surface area (Å²) in [5.74, 6) is 0.720. The molecule has 2 aliphatic rings. The van der Waals surface area contributed by atoms with E-state index in [1.165, 1.54) is 0 Å². The number of rotatable bonds is 2. The summed E-state index contributed by atoms with van der Waals surface area (Å²) in [5.41, 5.74) is 0. The van der Waals surface area contributed by atoms with Crippen LogP contribution in [0.1, 0.15) is 26.2 Å². The Labute approximate surface area is 79.0 Å². The molecule has 1 heterocycles. The lowest BCUT2D eigenvalue weighted by atomic mass is 10.2. The molecule has 13 heavy (non-hydrogen) atoms. The Kier molecular flexibility index (Phi) is 2.54. The van der Waals surface area contributed by atoms with E-state index in [1.54, 1.807) is 0 Å². The summed E-state index contributed by atoms with van der Waals surface area (Å²) in [6.07, 6.45) is 3.49. The van der Waals surface area contributed by atoms with Gasteiger partial charge in [0.05, 0.1) is 12.7 Å².